The van der Waals surface area contributed by atoms with E-state index >= 15 is 0 Å². The van der Waals surface area contributed by atoms with E-state index < -0.39 is 11.9 Å². The molecule has 1 atom stereocenters. The molecule has 29 heavy (non-hydrogen) atoms. The van der Waals surface area contributed by atoms with Crippen molar-refractivity contribution in [3.63, 3.8) is 0 Å². The van der Waals surface area contributed by atoms with Crippen molar-refractivity contribution in [2.24, 2.45) is 0 Å². The molecule has 0 saturated carbocycles. The Morgan fingerprint density at radius 1 is 0.897 bits per heavy atom. The minimum absolute atomic E-state index is 0.327. The van der Waals surface area contributed by atoms with Crippen molar-refractivity contribution in [1.29, 1.82) is 0 Å². The molecule has 5 nitrogen and oxygen atoms in total. The van der Waals surface area contributed by atoms with Crippen LogP contribution in [-0.2, 0) is 16.0 Å². The number of rotatable bonds is 7. The number of aryl methyl sites for hydroxylation is 1. The van der Waals surface area contributed by atoms with Gasteiger partial charge in [0.2, 0.25) is 0 Å². The zero-order valence-electron chi connectivity index (χ0n) is 17.0. The molecule has 0 fully saturated rings. The second-order valence-corrected chi connectivity index (χ2v) is 6.61. The predicted molar refractivity (Wildman–Crippen MR) is 112 cm³/mol. The van der Waals surface area contributed by atoms with Crippen LogP contribution in [0.1, 0.15) is 34.3 Å². The van der Waals surface area contributed by atoms with Crippen molar-refractivity contribution in [3.8, 4) is 11.5 Å². The van der Waals surface area contributed by atoms with E-state index in [1.165, 1.54) is 14.2 Å². The van der Waals surface area contributed by atoms with Crippen molar-refractivity contribution in [2.75, 3.05) is 21.3 Å². The Hall–Kier alpha value is -3.34. The maximum absolute atomic E-state index is 13.6. The number of esters is 1. The Morgan fingerprint density at radius 3 is 2.24 bits per heavy atom. The Labute approximate surface area is 170 Å². The van der Waals surface area contributed by atoms with Crippen LogP contribution in [0, 0.1) is 0 Å². The molecular formula is C24H24O5. The number of carbonyl (C=O) groups excluding carboxylic acids is 2. The minimum Gasteiger partial charge on any atom is -0.496 e. The first kappa shape index (κ1) is 20.4. The second-order valence-electron chi connectivity index (χ2n) is 6.61. The molecular weight excluding hydrogens is 368 g/mol. The summed E-state index contributed by atoms with van der Waals surface area (Å²) in [4.78, 5) is 26.4. The molecule has 0 aliphatic heterocycles. The first-order valence-corrected chi connectivity index (χ1v) is 9.40. The quantitative estimate of drug-likeness (QED) is 0.335. The van der Waals surface area contributed by atoms with E-state index in [1.807, 2.05) is 43.3 Å². The maximum atomic E-state index is 13.6. The van der Waals surface area contributed by atoms with Gasteiger partial charge in [-0.15, -0.1) is 0 Å². The van der Waals surface area contributed by atoms with Crippen LogP contribution >= 0.6 is 0 Å². The maximum Gasteiger partial charge on any atom is 0.321 e. The van der Waals surface area contributed by atoms with E-state index in [0.29, 0.717) is 29.0 Å². The van der Waals surface area contributed by atoms with E-state index in [0.717, 1.165) is 16.3 Å². The van der Waals surface area contributed by atoms with Crippen LogP contribution in [0.3, 0.4) is 0 Å². The van der Waals surface area contributed by atoms with Gasteiger partial charge in [-0.2, -0.15) is 0 Å². The number of ketones is 1. The summed E-state index contributed by atoms with van der Waals surface area (Å²) in [5.74, 6) is -1.08. The third kappa shape index (κ3) is 3.81. The van der Waals surface area contributed by atoms with Gasteiger partial charge < -0.3 is 14.2 Å². The molecule has 0 spiro atoms. The number of Topliss-reactive ketones (excluding diaryl/α,β-unsaturated/α-hetero) is 1. The molecule has 0 radical (unpaired) electrons. The topological polar surface area (TPSA) is 61.8 Å². The van der Waals surface area contributed by atoms with Gasteiger partial charge in [-0.25, -0.2) is 0 Å². The van der Waals surface area contributed by atoms with Gasteiger partial charge in [0.25, 0.3) is 0 Å². The summed E-state index contributed by atoms with van der Waals surface area (Å²) in [6.45, 7) is 1.97. The molecule has 0 N–H and O–H groups in total. The normalized spacial score (nSPS) is 11.7. The standard InChI is InChI=1S/C24H24O5/c1-5-15-13-19(21(28-3)14-20(15)27-2)23(25)22(24(26)29-4)18-12-8-10-16-9-6-7-11-17(16)18/h6-14,22H,5H2,1-4H3. The summed E-state index contributed by atoms with van der Waals surface area (Å²) in [5.41, 5.74) is 1.79. The SMILES string of the molecule is CCc1cc(C(=O)C(C(=O)OC)c2cccc3ccccc23)c(OC)cc1OC. The number of methoxy groups -OCH3 is 3. The molecule has 0 amide bonds. The summed E-state index contributed by atoms with van der Waals surface area (Å²) in [6, 6.07) is 16.6. The van der Waals surface area contributed by atoms with Crippen molar-refractivity contribution in [1.82, 2.24) is 0 Å². The highest BCUT2D eigenvalue weighted by Crippen LogP contribution is 2.35. The molecule has 150 valence electrons. The van der Waals surface area contributed by atoms with Crippen LogP contribution in [0.2, 0.25) is 0 Å². The van der Waals surface area contributed by atoms with E-state index in [1.54, 1.807) is 25.3 Å². The highest BCUT2D eigenvalue weighted by molar-refractivity contribution is 6.16. The Bertz CT molecular complexity index is 1050. The highest BCUT2D eigenvalue weighted by atomic mass is 16.5. The second kappa shape index (κ2) is 8.78. The number of ether oxygens (including phenoxy) is 3. The molecule has 1 unspecified atom stereocenters. The van der Waals surface area contributed by atoms with Gasteiger partial charge in [0.15, 0.2) is 5.78 Å². The van der Waals surface area contributed by atoms with E-state index in [-0.39, 0.29) is 5.78 Å². The van der Waals surface area contributed by atoms with Crippen LogP contribution in [0.25, 0.3) is 10.8 Å². The largest absolute Gasteiger partial charge is 0.496 e. The summed E-state index contributed by atoms with van der Waals surface area (Å²) < 4.78 is 15.9. The molecule has 3 aromatic carbocycles. The first-order chi connectivity index (χ1) is 14.0. The van der Waals surface area contributed by atoms with Crippen LogP contribution in [0.5, 0.6) is 11.5 Å². The molecule has 0 aromatic heterocycles. The number of carbonyl (C=O) groups is 2. The fourth-order valence-electron chi connectivity index (χ4n) is 3.58. The number of benzene rings is 3. The molecule has 5 heteroatoms. The summed E-state index contributed by atoms with van der Waals surface area (Å²) in [7, 11) is 4.35. The van der Waals surface area contributed by atoms with Crippen LogP contribution in [-0.4, -0.2) is 33.1 Å². The van der Waals surface area contributed by atoms with Crippen molar-refractivity contribution in [2.45, 2.75) is 19.3 Å². The zero-order chi connectivity index (χ0) is 21.0. The number of hydrogen-bond donors (Lipinski definition) is 0. The van der Waals surface area contributed by atoms with Gasteiger partial charge >= 0.3 is 5.97 Å². The summed E-state index contributed by atoms with van der Waals surface area (Å²) in [6.07, 6.45) is 0.671. The minimum atomic E-state index is -1.10. The lowest BCUT2D eigenvalue weighted by Gasteiger charge is -2.19. The fraction of sp³-hybridized carbons (Fsp3) is 0.250. The van der Waals surface area contributed by atoms with Gasteiger partial charge in [0.1, 0.15) is 17.4 Å². The van der Waals surface area contributed by atoms with E-state index in [2.05, 4.69) is 0 Å². The molecule has 0 aliphatic carbocycles. The third-order valence-corrected chi connectivity index (χ3v) is 5.08. The van der Waals surface area contributed by atoms with Gasteiger partial charge in [-0.3, -0.25) is 9.59 Å². The average Bonchev–Trinajstić information content (AvgIpc) is 2.78. The molecule has 0 aliphatic rings. The summed E-state index contributed by atoms with van der Waals surface area (Å²) in [5, 5.41) is 1.78. The Kier molecular flexibility index (Phi) is 6.17. The average molecular weight is 392 g/mol. The van der Waals surface area contributed by atoms with Crippen LogP contribution in [0.4, 0.5) is 0 Å². The van der Waals surface area contributed by atoms with Gasteiger partial charge in [-0.1, -0.05) is 49.4 Å². The van der Waals surface area contributed by atoms with Crippen molar-refractivity contribution < 1.29 is 23.8 Å². The van der Waals surface area contributed by atoms with E-state index in [4.69, 9.17) is 14.2 Å². The molecule has 0 heterocycles. The predicted octanol–water partition coefficient (Wildman–Crippen LogP) is 4.56. The number of hydrogen-bond acceptors (Lipinski definition) is 5. The molecule has 3 aromatic rings. The molecule has 0 bridgehead atoms. The lowest BCUT2D eigenvalue weighted by atomic mass is 9.86. The van der Waals surface area contributed by atoms with Gasteiger partial charge in [0.05, 0.1) is 26.9 Å². The van der Waals surface area contributed by atoms with Gasteiger partial charge in [-0.05, 0) is 34.4 Å². The van der Waals surface area contributed by atoms with Crippen LogP contribution < -0.4 is 9.47 Å². The van der Waals surface area contributed by atoms with Gasteiger partial charge in [0, 0.05) is 6.07 Å². The zero-order valence-corrected chi connectivity index (χ0v) is 17.0. The smallest absolute Gasteiger partial charge is 0.321 e. The fourth-order valence-corrected chi connectivity index (χ4v) is 3.58. The molecule has 3 rings (SSSR count). The monoisotopic (exact) mass is 392 g/mol. The third-order valence-electron chi connectivity index (χ3n) is 5.08. The lowest BCUT2D eigenvalue weighted by Crippen LogP contribution is -2.24. The first-order valence-electron chi connectivity index (χ1n) is 9.40. The van der Waals surface area contributed by atoms with Crippen molar-refractivity contribution in [3.05, 3.63) is 71.3 Å². The highest BCUT2D eigenvalue weighted by Gasteiger charge is 2.33. The summed E-state index contributed by atoms with van der Waals surface area (Å²) >= 11 is 0. The van der Waals surface area contributed by atoms with Crippen molar-refractivity contribution >= 4 is 22.5 Å². The Morgan fingerprint density at radius 2 is 1.59 bits per heavy atom. The van der Waals surface area contributed by atoms with Crippen LogP contribution in [0.15, 0.2) is 54.6 Å². The Balaban J connectivity index is 2.21. The number of fused-ring (bicyclic) bond motifs is 1. The molecule has 0 saturated heterocycles. The lowest BCUT2D eigenvalue weighted by molar-refractivity contribution is -0.141. The van der Waals surface area contributed by atoms with E-state index in [9.17, 15) is 9.59 Å².